The maximum Gasteiger partial charge on any atom is 0.272 e. The number of likely N-dealkylation sites (N-methyl/N-ethyl adjacent to an activating group) is 1. The normalized spacial score (nSPS) is 15.9. The molecule has 0 saturated carbocycles. The fourth-order valence-electron chi connectivity index (χ4n) is 2.40. The van der Waals surface area contributed by atoms with Crippen LogP contribution in [-0.4, -0.2) is 28.3 Å². The topological polar surface area (TPSA) is 42.3 Å². The zero-order chi connectivity index (χ0) is 14.6. The Morgan fingerprint density at radius 1 is 1.15 bits per heavy atom. The standard InChI is InChI=1S/C14H10BrClN2O2/c1-17-6-9(8-5-7(15)3-4-10(8)17)11-12(16)14(20)18(2)13(11)19/h3-6H,1-2H3. The third kappa shape index (κ3) is 1.73. The monoisotopic (exact) mass is 352 g/mol. The van der Waals surface area contributed by atoms with Gasteiger partial charge in [0.15, 0.2) is 0 Å². The minimum absolute atomic E-state index is 0.0232. The van der Waals surface area contributed by atoms with Crippen LogP contribution in [-0.2, 0) is 16.6 Å². The summed E-state index contributed by atoms with van der Waals surface area (Å²) >= 11 is 9.47. The van der Waals surface area contributed by atoms with Gasteiger partial charge in [0.05, 0.1) is 5.57 Å². The van der Waals surface area contributed by atoms with Gasteiger partial charge in [0.25, 0.3) is 11.8 Å². The van der Waals surface area contributed by atoms with Gasteiger partial charge in [-0.3, -0.25) is 14.5 Å². The van der Waals surface area contributed by atoms with Crippen LogP contribution in [0, 0.1) is 0 Å². The lowest BCUT2D eigenvalue weighted by Crippen LogP contribution is -2.26. The predicted octanol–water partition coefficient (Wildman–Crippen LogP) is 2.89. The Bertz CT molecular complexity index is 807. The number of hydrogen-bond donors (Lipinski definition) is 0. The highest BCUT2D eigenvalue weighted by molar-refractivity contribution is 9.10. The summed E-state index contributed by atoms with van der Waals surface area (Å²) < 4.78 is 2.81. The van der Waals surface area contributed by atoms with Crippen LogP contribution in [0.25, 0.3) is 16.5 Å². The van der Waals surface area contributed by atoms with Crippen molar-refractivity contribution in [1.29, 1.82) is 0 Å². The van der Waals surface area contributed by atoms with E-state index >= 15 is 0 Å². The molecule has 1 aliphatic rings. The molecule has 6 heteroatoms. The number of carbonyl (C=O) groups excluding carboxylic acids is 2. The van der Waals surface area contributed by atoms with E-state index in [1.165, 1.54) is 7.05 Å². The third-order valence-electron chi connectivity index (χ3n) is 3.45. The Morgan fingerprint density at radius 3 is 2.45 bits per heavy atom. The number of carbonyl (C=O) groups is 2. The lowest BCUT2D eigenvalue weighted by Gasteiger charge is -2.05. The fraction of sp³-hybridized carbons (Fsp3) is 0.143. The number of rotatable bonds is 1. The number of benzene rings is 1. The second-order valence-electron chi connectivity index (χ2n) is 4.67. The Hall–Kier alpha value is -1.59. The van der Waals surface area contributed by atoms with E-state index in [2.05, 4.69) is 15.9 Å². The van der Waals surface area contributed by atoms with Crippen LogP contribution in [0.2, 0.25) is 0 Å². The Balaban J connectivity index is 2.33. The fourth-order valence-corrected chi connectivity index (χ4v) is 3.08. The number of imide groups is 1. The van der Waals surface area contributed by atoms with Crippen LogP contribution in [0.3, 0.4) is 0 Å². The van der Waals surface area contributed by atoms with Gasteiger partial charge in [-0.25, -0.2) is 0 Å². The van der Waals surface area contributed by atoms with E-state index in [0.717, 1.165) is 20.3 Å². The molecule has 1 aliphatic heterocycles. The first-order valence-electron chi connectivity index (χ1n) is 5.89. The Labute approximate surface area is 128 Å². The number of amides is 2. The van der Waals surface area contributed by atoms with Gasteiger partial charge in [-0.05, 0) is 18.2 Å². The molecular weight excluding hydrogens is 344 g/mol. The molecule has 2 aromatic rings. The first-order chi connectivity index (χ1) is 9.41. The molecule has 102 valence electrons. The summed E-state index contributed by atoms with van der Waals surface area (Å²) in [6.45, 7) is 0. The summed E-state index contributed by atoms with van der Waals surface area (Å²) in [5, 5.41) is 0.858. The zero-order valence-corrected chi connectivity index (χ0v) is 13.1. The molecule has 1 aromatic carbocycles. The summed E-state index contributed by atoms with van der Waals surface area (Å²) in [6, 6.07) is 5.79. The van der Waals surface area contributed by atoms with Gasteiger partial charge in [-0.2, -0.15) is 0 Å². The van der Waals surface area contributed by atoms with Crippen molar-refractivity contribution in [3.8, 4) is 0 Å². The van der Waals surface area contributed by atoms with E-state index in [0.29, 0.717) is 5.56 Å². The highest BCUT2D eigenvalue weighted by Crippen LogP contribution is 2.36. The zero-order valence-electron chi connectivity index (χ0n) is 10.8. The van der Waals surface area contributed by atoms with Gasteiger partial charge in [-0.15, -0.1) is 0 Å². The van der Waals surface area contributed by atoms with Crippen molar-refractivity contribution in [3.05, 3.63) is 39.5 Å². The van der Waals surface area contributed by atoms with Crippen LogP contribution in [0.1, 0.15) is 5.56 Å². The van der Waals surface area contributed by atoms with Gasteiger partial charge in [0.1, 0.15) is 5.03 Å². The van der Waals surface area contributed by atoms with Crippen LogP contribution < -0.4 is 0 Å². The molecule has 4 nitrogen and oxygen atoms in total. The Morgan fingerprint density at radius 2 is 1.85 bits per heavy atom. The van der Waals surface area contributed by atoms with Gasteiger partial charge in [0.2, 0.25) is 0 Å². The van der Waals surface area contributed by atoms with Crippen molar-refractivity contribution < 1.29 is 9.59 Å². The second kappa shape index (κ2) is 4.46. The number of aryl methyl sites for hydroxylation is 1. The molecule has 3 rings (SSSR count). The number of halogens is 2. The predicted molar refractivity (Wildman–Crippen MR) is 81.2 cm³/mol. The van der Waals surface area contributed by atoms with Gasteiger partial charge < -0.3 is 4.57 Å². The van der Waals surface area contributed by atoms with Crippen LogP contribution in [0.4, 0.5) is 0 Å². The molecule has 0 bridgehead atoms. The lowest BCUT2D eigenvalue weighted by molar-refractivity contribution is -0.134. The van der Waals surface area contributed by atoms with Crippen molar-refractivity contribution in [2.75, 3.05) is 7.05 Å². The van der Waals surface area contributed by atoms with Crippen LogP contribution in [0.15, 0.2) is 33.9 Å². The summed E-state index contributed by atoms with van der Waals surface area (Å²) in [6.07, 6.45) is 1.82. The molecule has 0 saturated heterocycles. The summed E-state index contributed by atoms with van der Waals surface area (Å²) in [7, 11) is 3.32. The highest BCUT2D eigenvalue weighted by Gasteiger charge is 2.36. The highest BCUT2D eigenvalue weighted by atomic mass is 79.9. The van der Waals surface area contributed by atoms with E-state index in [4.69, 9.17) is 11.6 Å². The second-order valence-corrected chi connectivity index (χ2v) is 5.97. The minimum Gasteiger partial charge on any atom is -0.350 e. The summed E-state index contributed by atoms with van der Waals surface area (Å²) in [5.74, 6) is -0.828. The van der Waals surface area contributed by atoms with Gasteiger partial charge in [-0.1, -0.05) is 27.5 Å². The van der Waals surface area contributed by atoms with E-state index < -0.39 is 5.91 Å². The lowest BCUT2D eigenvalue weighted by atomic mass is 10.1. The molecule has 0 aliphatic carbocycles. The largest absolute Gasteiger partial charge is 0.350 e. The van der Waals surface area contributed by atoms with Crippen molar-refractivity contribution in [1.82, 2.24) is 9.47 Å². The quantitative estimate of drug-likeness (QED) is 0.740. The molecule has 2 heterocycles. The number of nitrogens with zero attached hydrogens (tertiary/aromatic N) is 2. The molecule has 0 spiro atoms. The van der Waals surface area contributed by atoms with Gasteiger partial charge in [0, 0.05) is 41.2 Å². The van der Waals surface area contributed by atoms with Crippen molar-refractivity contribution in [3.63, 3.8) is 0 Å². The Kier molecular flexibility index (Phi) is 2.99. The average molecular weight is 354 g/mol. The summed E-state index contributed by atoms with van der Waals surface area (Å²) in [4.78, 5) is 25.1. The molecule has 20 heavy (non-hydrogen) atoms. The number of hydrogen-bond acceptors (Lipinski definition) is 2. The van der Waals surface area contributed by atoms with Crippen LogP contribution in [0.5, 0.6) is 0 Å². The van der Waals surface area contributed by atoms with E-state index in [1.54, 1.807) is 0 Å². The van der Waals surface area contributed by atoms with Crippen LogP contribution >= 0.6 is 27.5 Å². The van der Waals surface area contributed by atoms with Crippen molar-refractivity contribution in [2.45, 2.75) is 0 Å². The molecule has 0 unspecified atom stereocenters. The summed E-state index contributed by atoms with van der Waals surface area (Å²) in [5.41, 5.74) is 1.91. The molecule has 1 aromatic heterocycles. The van der Waals surface area contributed by atoms with E-state index in [9.17, 15) is 9.59 Å². The van der Waals surface area contributed by atoms with Gasteiger partial charge >= 0.3 is 0 Å². The average Bonchev–Trinajstić information content (AvgIpc) is 2.81. The third-order valence-corrected chi connectivity index (χ3v) is 4.30. The first-order valence-corrected chi connectivity index (χ1v) is 7.06. The SMILES string of the molecule is CN1C(=O)C(Cl)=C(c2cn(C)c3ccc(Br)cc23)C1=O. The molecule has 0 radical (unpaired) electrons. The molecule has 0 atom stereocenters. The minimum atomic E-state index is -0.460. The number of aromatic nitrogens is 1. The molecular formula is C14H10BrClN2O2. The smallest absolute Gasteiger partial charge is 0.272 e. The van der Waals surface area contributed by atoms with E-state index in [1.807, 2.05) is 36.0 Å². The maximum absolute atomic E-state index is 12.2. The maximum atomic E-state index is 12.2. The number of fused-ring (bicyclic) bond motifs is 1. The molecule has 0 N–H and O–H groups in total. The van der Waals surface area contributed by atoms with E-state index in [-0.39, 0.29) is 16.5 Å². The van der Waals surface area contributed by atoms with Crippen molar-refractivity contribution >= 4 is 55.8 Å². The first kappa shape index (κ1) is 13.4. The van der Waals surface area contributed by atoms with Crippen molar-refractivity contribution in [2.24, 2.45) is 7.05 Å². The molecule has 0 fully saturated rings. The molecule has 2 amide bonds.